The zero-order chi connectivity index (χ0) is 14.7. The molecule has 2 rings (SSSR count). The second-order valence-corrected chi connectivity index (χ2v) is 4.63. The standard InChI is InChI=1S/C15H15N3O2/c1-3-10(2)18-9-13(15(19)20)14(17-18)12-6-4-5-11(7-12)8-16/h4-7,9-10H,3H2,1-2H3,(H,19,20). The number of hydrogen-bond donors (Lipinski definition) is 1. The summed E-state index contributed by atoms with van der Waals surface area (Å²) < 4.78 is 1.66. The van der Waals surface area contributed by atoms with E-state index >= 15 is 0 Å². The minimum atomic E-state index is -1.02. The molecule has 20 heavy (non-hydrogen) atoms. The fourth-order valence-electron chi connectivity index (χ4n) is 1.91. The normalized spacial score (nSPS) is 11.8. The van der Waals surface area contributed by atoms with Gasteiger partial charge < -0.3 is 5.11 Å². The maximum Gasteiger partial charge on any atom is 0.339 e. The number of aromatic nitrogens is 2. The molecule has 1 N–H and O–H groups in total. The molecule has 1 aromatic carbocycles. The quantitative estimate of drug-likeness (QED) is 0.925. The Morgan fingerprint density at radius 1 is 1.55 bits per heavy atom. The van der Waals surface area contributed by atoms with Crippen molar-refractivity contribution in [2.75, 3.05) is 0 Å². The summed E-state index contributed by atoms with van der Waals surface area (Å²) in [5.74, 6) is -1.02. The van der Waals surface area contributed by atoms with Gasteiger partial charge in [0, 0.05) is 17.8 Å². The molecule has 1 aromatic heterocycles. The summed E-state index contributed by atoms with van der Waals surface area (Å²) in [5.41, 5.74) is 1.68. The predicted octanol–water partition coefficient (Wildman–Crippen LogP) is 3.09. The fraction of sp³-hybridized carbons (Fsp3) is 0.267. The van der Waals surface area contributed by atoms with Gasteiger partial charge in [-0.1, -0.05) is 19.1 Å². The largest absolute Gasteiger partial charge is 0.478 e. The molecular formula is C15H15N3O2. The van der Waals surface area contributed by atoms with E-state index < -0.39 is 5.97 Å². The summed E-state index contributed by atoms with van der Waals surface area (Å²) in [7, 11) is 0. The molecule has 1 atom stereocenters. The van der Waals surface area contributed by atoms with Gasteiger partial charge in [0.25, 0.3) is 0 Å². The van der Waals surface area contributed by atoms with Gasteiger partial charge in [-0.2, -0.15) is 10.4 Å². The molecule has 0 saturated heterocycles. The average Bonchev–Trinajstić information content (AvgIpc) is 2.92. The predicted molar refractivity (Wildman–Crippen MR) is 74.3 cm³/mol. The zero-order valence-electron chi connectivity index (χ0n) is 11.4. The Kier molecular flexibility index (Phi) is 3.85. The van der Waals surface area contributed by atoms with Crippen LogP contribution < -0.4 is 0 Å². The Hall–Kier alpha value is -2.61. The highest BCUT2D eigenvalue weighted by atomic mass is 16.4. The van der Waals surface area contributed by atoms with Crippen LogP contribution in [0.25, 0.3) is 11.3 Å². The molecule has 5 heteroatoms. The van der Waals surface area contributed by atoms with Gasteiger partial charge in [-0.15, -0.1) is 0 Å². The van der Waals surface area contributed by atoms with E-state index in [2.05, 4.69) is 5.10 Å². The number of aromatic carboxylic acids is 1. The lowest BCUT2D eigenvalue weighted by Crippen LogP contribution is -2.04. The summed E-state index contributed by atoms with van der Waals surface area (Å²) in [6.45, 7) is 4.00. The molecule has 5 nitrogen and oxygen atoms in total. The SMILES string of the molecule is CCC(C)n1cc(C(=O)O)c(-c2cccc(C#N)c2)n1. The first kappa shape index (κ1) is 13.8. The monoisotopic (exact) mass is 269 g/mol. The molecule has 0 radical (unpaired) electrons. The minimum absolute atomic E-state index is 0.126. The van der Waals surface area contributed by atoms with E-state index in [0.29, 0.717) is 16.8 Å². The first-order valence-electron chi connectivity index (χ1n) is 6.39. The lowest BCUT2D eigenvalue weighted by Gasteiger charge is -2.07. The highest BCUT2D eigenvalue weighted by molar-refractivity contribution is 5.94. The van der Waals surface area contributed by atoms with Crippen LogP contribution >= 0.6 is 0 Å². The van der Waals surface area contributed by atoms with Gasteiger partial charge in [0.2, 0.25) is 0 Å². The van der Waals surface area contributed by atoms with Crippen molar-refractivity contribution in [2.24, 2.45) is 0 Å². The lowest BCUT2D eigenvalue weighted by molar-refractivity contribution is 0.0697. The van der Waals surface area contributed by atoms with Crippen molar-refractivity contribution in [3.05, 3.63) is 41.6 Å². The van der Waals surface area contributed by atoms with E-state index in [4.69, 9.17) is 5.26 Å². The van der Waals surface area contributed by atoms with Crippen molar-refractivity contribution < 1.29 is 9.90 Å². The highest BCUT2D eigenvalue weighted by Crippen LogP contribution is 2.25. The topological polar surface area (TPSA) is 78.9 Å². The van der Waals surface area contributed by atoms with E-state index in [1.54, 1.807) is 35.1 Å². The molecule has 0 aliphatic carbocycles. The zero-order valence-corrected chi connectivity index (χ0v) is 11.4. The van der Waals surface area contributed by atoms with E-state index in [0.717, 1.165) is 6.42 Å². The number of rotatable bonds is 4. The van der Waals surface area contributed by atoms with Crippen LogP contribution in [-0.2, 0) is 0 Å². The molecule has 0 amide bonds. The van der Waals surface area contributed by atoms with Gasteiger partial charge in [-0.3, -0.25) is 4.68 Å². The summed E-state index contributed by atoms with van der Waals surface area (Å²) in [5, 5.41) is 22.6. The Morgan fingerprint density at radius 2 is 2.30 bits per heavy atom. The van der Waals surface area contributed by atoms with Crippen LogP contribution in [0.2, 0.25) is 0 Å². The summed E-state index contributed by atoms with van der Waals surface area (Å²) in [6.07, 6.45) is 2.41. The van der Waals surface area contributed by atoms with Crippen LogP contribution in [0.15, 0.2) is 30.5 Å². The van der Waals surface area contributed by atoms with Crippen LogP contribution in [0, 0.1) is 11.3 Å². The van der Waals surface area contributed by atoms with E-state index in [-0.39, 0.29) is 11.6 Å². The van der Waals surface area contributed by atoms with Gasteiger partial charge in [0.15, 0.2) is 0 Å². The molecular weight excluding hydrogens is 254 g/mol. The minimum Gasteiger partial charge on any atom is -0.478 e. The third-order valence-electron chi connectivity index (χ3n) is 3.27. The van der Waals surface area contributed by atoms with E-state index in [1.165, 1.54) is 0 Å². The fourth-order valence-corrected chi connectivity index (χ4v) is 1.91. The van der Waals surface area contributed by atoms with Gasteiger partial charge in [-0.05, 0) is 25.5 Å². The number of hydrogen-bond acceptors (Lipinski definition) is 3. The van der Waals surface area contributed by atoms with Crippen molar-refractivity contribution in [1.82, 2.24) is 9.78 Å². The highest BCUT2D eigenvalue weighted by Gasteiger charge is 2.18. The molecule has 0 spiro atoms. The third-order valence-corrected chi connectivity index (χ3v) is 3.27. The number of carboxylic acid groups (broad SMARTS) is 1. The first-order valence-corrected chi connectivity index (χ1v) is 6.39. The molecule has 1 heterocycles. The maximum absolute atomic E-state index is 11.4. The summed E-state index contributed by atoms with van der Waals surface area (Å²) >= 11 is 0. The number of carboxylic acids is 1. The van der Waals surface area contributed by atoms with Gasteiger partial charge >= 0.3 is 5.97 Å². The lowest BCUT2D eigenvalue weighted by atomic mass is 10.1. The molecule has 0 saturated carbocycles. The van der Waals surface area contributed by atoms with Crippen LogP contribution in [0.5, 0.6) is 0 Å². The van der Waals surface area contributed by atoms with Crippen molar-refractivity contribution in [3.8, 4) is 17.3 Å². The molecule has 0 aliphatic heterocycles. The van der Waals surface area contributed by atoms with Crippen molar-refractivity contribution in [2.45, 2.75) is 26.3 Å². The summed E-state index contributed by atoms with van der Waals surface area (Å²) in [4.78, 5) is 11.4. The Morgan fingerprint density at radius 3 is 2.90 bits per heavy atom. The third kappa shape index (κ3) is 2.54. The summed E-state index contributed by atoms with van der Waals surface area (Å²) in [6, 6.07) is 8.98. The van der Waals surface area contributed by atoms with Crippen molar-refractivity contribution >= 4 is 5.97 Å². The van der Waals surface area contributed by atoms with Crippen molar-refractivity contribution in [1.29, 1.82) is 5.26 Å². The average molecular weight is 269 g/mol. The molecule has 0 bridgehead atoms. The Labute approximate surface area is 117 Å². The smallest absolute Gasteiger partial charge is 0.339 e. The Bertz CT molecular complexity index is 683. The van der Waals surface area contributed by atoms with E-state index in [9.17, 15) is 9.90 Å². The molecule has 2 aromatic rings. The molecule has 102 valence electrons. The van der Waals surface area contributed by atoms with Gasteiger partial charge in [0.05, 0.1) is 11.6 Å². The molecule has 0 fully saturated rings. The van der Waals surface area contributed by atoms with Gasteiger partial charge in [0.1, 0.15) is 11.3 Å². The number of benzene rings is 1. The van der Waals surface area contributed by atoms with Crippen LogP contribution in [0.3, 0.4) is 0 Å². The Balaban J connectivity index is 2.57. The van der Waals surface area contributed by atoms with E-state index in [1.807, 2.05) is 19.9 Å². The van der Waals surface area contributed by atoms with Crippen LogP contribution in [0.4, 0.5) is 0 Å². The first-order chi connectivity index (χ1) is 9.56. The van der Waals surface area contributed by atoms with Gasteiger partial charge in [-0.25, -0.2) is 4.79 Å². The van der Waals surface area contributed by atoms with Crippen molar-refractivity contribution in [3.63, 3.8) is 0 Å². The van der Waals surface area contributed by atoms with Crippen LogP contribution in [-0.4, -0.2) is 20.9 Å². The molecule has 1 unspecified atom stereocenters. The number of nitrogens with zero attached hydrogens (tertiary/aromatic N) is 3. The maximum atomic E-state index is 11.4. The second kappa shape index (κ2) is 5.57. The van der Waals surface area contributed by atoms with Crippen LogP contribution in [0.1, 0.15) is 42.2 Å². The second-order valence-electron chi connectivity index (χ2n) is 4.63. The molecule has 0 aliphatic rings. The number of carbonyl (C=O) groups is 1. The number of nitriles is 1.